The Morgan fingerprint density at radius 1 is 0.339 bits per heavy atom. The van der Waals surface area contributed by atoms with E-state index in [1.54, 1.807) is 0 Å². The molecule has 0 aliphatic heterocycles. The molecule has 0 saturated heterocycles. The highest BCUT2D eigenvalue weighted by molar-refractivity contribution is 5.83. The highest BCUT2D eigenvalue weighted by atomic mass is 19.4. The van der Waals surface area contributed by atoms with Crippen molar-refractivity contribution in [2.75, 3.05) is 0 Å². The van der Waals surface area contributed by atoms with Crippen LogP contribution in [0.2, 0.25) is 0 Å². The topological polar surface area (TPSA) is 173 Å². The quantitative estimate of drug-likeness (QED) is 0.0995. The first kappa shape index (κ1) is 57.5. The van der Waals surface area contributed by atoms with Gasteiger partial charge in [-0.25, -0.2) is 71.5 Å². The van der Waals surface area contributed by atoms with Gasteiger partial charge in [-0.15, -0.1) is 0 Å². The Labute approximate surface area is 317 Å². The summed E-state index contributed by atoms with van der Waals surface area (Å²) in [5.41, 5.74) is -39.8. The number of halogens is 28. The Hall–Kier alpha value is -4.45. The maximum atomic E-state index is 15.5. The van der Waals surface area contributed by atoms with Crippen molar-refractivity contribution < 1.29 is 168 Å². The van der Waals surface area contributed by atoms with Crippen LogP contribution in [0, 0.1) is 16.2 Å². The molecule has 4 fully saturated rings. The Balaban J connectivity index is 0.00000172. The fourth-order valence-electron chi connectivity index (χ4n) is 6.44. The second-order valence-corrected chi connectivity index (χ2v) is 11.8. The van der Waals surface area contributed by atoms with Crippen LogP contribution >= 0.6 is 0 Å². The van der Waals surface area contributed by atoms with Gasteiger partial charge in [0.15, 0.2) is 0 Å². The molecule has 0 aromatic heterocycles. The molecule has 362 valence electrons. The number of aliphatic hydroxyl groups is 3. The van der Waals surface area contributed by atoms with Crippen molar-refractivity contribution in [3.8, 4) is 0 Å². The predicted octanol–water partition coefficient (Wildman–Crippen LogP) is 7.83. The number of alkyl halides is 25. The van der Waals surface area contributed by atoms with E-state index in [4.69, 9.17) is 30.6 Å². The first-order valence-electron chi connectivity index (χ1n) is 13.6. The monoisotopic (exact) mass is 988 g/mol. The second kappa shape index (κ2) is 14.5. The zero-order chi connectivity index (χ0) is 51.5. The maximum absolute atomic E-state index is 15.5. The van der Waals surface area contributed by atoms with Crippen LogP contribution in [0.4, 0.5) is 123 Å². The third kappa shape index (κ3) is 5.75. The van der Waals surface area contributed by atoms with E-state index in [0.717, 1.165) is 0 Å². The molecule has 4 aliphatic carbocycles. The van der Waals surface area contributed by atoms with E-state index < -0.39 is 129 Å². The van der Waals surface area contributed by atoms with Gasteiger partial charge in [0.25, 0.3) is 17.8 Å². The Bertz CT molecular complexity index is 1590. The maximum Gasteiger partial charge on any atom is 0.418 e. The summed E-state index contributed by atoms with van der Waals surface area (Å²) in [4.78, 5) is 27.7. The molecule has 0 radical (unpaired) electrons. The standard InChI is InChI=1S/C16H3F25O3.3C3H3FO2/c17-4-8(24,25)1(11(30,31)14(36,37)42)5(18,19)2(9(4,26)27,12(32,33)15(38,39)43)7(22,23)3(6(1,20)21,10(4,28)29)13(34,35)16(40,41)44;3*1-2(4)3(5)6/h42-44H;3*1H2,(H,5,6). The molecule has 4 aliphatic rings. The fourth-order valence-corrected chi connectivity index (χ4v) is 6.44. The smallest absolute Gasteiger partial charge is 0.418 e. The van der Waals surface area contributed by atoms with E-state index in [1.807, 2.05) is 0 Å². The Morgan fingerprint density at radius 2 is 0.452 bits per heavy atom. The molecule has 0 aromatic rings. The second-order valence-electron chi connectivity index (χ2n) is 11.8. The zero-order valence-electron chi connectivity index (χ0n) is 27.6. The SMILES string of the molecule is C=C(F)C(=O)O.C=C(F)C(=O)O.C=C(F)C(=O)O.OC(F)(F)C(F)(F)C12C(F)(F)C3(F)C(F)(F)C(C(F)(F)C(O)(F)F)(C1(F)F)C(F)(F)C(C(F)(F)C(O)(F)F)(C3(F)F)C2(F)F. The molecule has 6 N–H and O–H groups in total. The van der Waals surface area contributed by atoms with E-state index in [1.165, 1.54) is 0 Å². The van der Waals surface area contributed by atoms with E-state index in [2.05, 4.69) is 19.7 Å². The van der Waals surface area contributed by atoms with Gasteiger partial charge >= 0.3 is 77.4 Å². The normalized spacial score (nSPS) is 29.9. The first-order chi connectivity index (χ1) is 26.4. The van der Waals surface area contributed by atoms with E-state index >= 15 is 57.1 Å². The van der Waals surface area contributed by atoms with Crippen LogP contribution in [0.25, 0.3) is 0 Å². The van der Waals surface area contributed by atoms with Crippen LogP contribution in [-0.2, 0) is 14.4 Å². The highest BCUT2D eigenvalue weighted by Gasteiger charge is 3.29. The number of aliphatic carboxylic acids is 3. The summed E-state index contributed by atoms with van der Waals surface area (Å²) in [5.74, 6) is -96.7. The van der Waals surface area contributed by atoms with Crippen molar-refractivity contribution >= 4 is 17.9 Å². The number of carbonyl (C=O) groups is 3. The van der Waals surface area contributed by atoms with Crippen LogP contribution in [0.1, 0.15) is 0 Å². The van der Waals surface area contributed by atoms with Crippen molar-refractivity contribution in [1.82, 2.24) is 0 Å². The van der Waals surface area contributed by atoms with Crippen LogP contribution in [-0.4, -0.2) is 126 Å². The first-order valence-corrected chi connectivity index (χ1v) is 13.6. The number of hydrogen-bond donors (Lipinski definition) is 6. The third-order valence-electron chi connectivity index (χ3n) is 8.78. The summed E-state index contributed by atoms with van der Waals surface area (Å²) in [7, 11) is 0. The van der Waals surface area contributed by atoms with Crippen LogP contribution in [0.5, 0.6) is 0 Å². The van der Waals surface area contributed by atoms with Gasteiger partial charge in [0.1, 0.15) is 0 Å². The molecule has 62 heavy (non-hydrogen) atoms. The summed E-state index contributed by atoms with van der Waals surface area (Å²) in [5, 5.41) is 46.9. The van der Waals surface area contributed by atoms with E-state index in [9.17, 15) is 80.2 Å². The lowest BCUT2D eigenvalue weighted by atomic mass is 9.26. The lowest BCUT2D eigenvalue weighted by Crippen LogP contribution is -3.10. The summed E-state index contributed by atoms with van der Waals surface area (Å²) in [6, 6.07) is 0. The van der Waals surface area contributed by atoms with Gasteiger partial charge < -0.3 is 30.6 Å². The molecule has 0 spiro atoms. The summed E-state index contributed by atoms with van der Waals surface area (Å²) in [6.45, 7) is 7.47. The Kier molecular flexibility index (Phi) is 13.5. The summed E-state index contributed by atoms with van der Waals surface area (Å²) >= 11 is 0. The van der Waals surface area contributed by atoms with Gasteiger partial charge in [-0.05, 0) is 0 Å². The molecular formula is C25H12F28O9. The average Bonchev–Trinajstić information content (AvgIpc) is 2.96. The number of rotatable bonds is 9. The fraction of sp³-hybridized carbons (Fsp3) is 0.640. The van der Waals surface area contributed by atoms with E-state index in [0.29, 0.717) is 0 Å². The van der Waals surface area contributed by atoms with Gasteiger partial charge in [-0.3, -0.25) is 0 Å². The van der Waals surface area contributed by atoms with E-state index in [-0.39, 0.29) is 0 Å². The molecule has 0 heterocycles. The average molecular weight is 988 g/mol. The van der Waals surface area contributed by atoms with Gasteiger partial charge in [0, 0.05) is 0 Å². The molecule has 4 rings (SSSR count). The minimum Gasteiger partial charge on any atom is -0.476 e. The lowest BCUT2D eigenvalue weighted by Gasteiger charge is -2.80. The van der Waals surface area contributed by atoms with Gasteiger partial charge in [-0.1, -0.05) is 19.7 Å². The molecule has 9 nitrogen and oxygen atoms in total. The minimum absolute atomic E-state index is 1.32. The molecule has 0 amide bonds. The van der Waals surface area contributed by atoms with Crippen molar-refractivity contribution in [3.63, 3.8) is 0 Å². The highest BCUT2D eigenvalue weighted by Crippen LogP contribution is 2.99. The Morgan fingerprint density at radius 3 is 0.532 bits per heavy atom. The third-order valence-corrected chi connectivity index (χ3v) is 8.78. The molecule has 0 atom stereocenters. The lowest BCUT2D eigenvalue weighted by molar-refractivity contribution is -0.685. The number of hydrogen-bond acceptors (Lipinski definition) is 6. The summed E-state index contributed by atoms with van der Waals surface area (Å²) < 4.78 is 400. The largest absolute Gasteiger partial charge is 0.476 e. The minimum atomic E-state index is -10.0. The van der Waals surface area contributed by atoms with Crippen LogP contribution < -0.4 is 0 Å². The molecule has 4 saturated carbocycles. The molecule has 0 aromatic carbocycles. The molecule has 0 unspecified atom stereocenters. The zero-order valence-corrected chi connectivity index (χ0v) is 27.6. The van der Waals surface area contributed by atoms with Crippen LogP contribution in [0.3, 0.4) is 0 Å². The number of carboxylic acid groups (broad SMARTS) is 3. The van der Waals surface area contributed by atoms with Crippen molar-refractivity contribution in [2.45, 2.75) is 77.3 Å². The van der Waals surface area contributed by atoms with Gasteiger partial charge in [0.05, 0.1) is 0 Å². The van der Waals surface area contributed by atoms with Crippen molar-refractivity contribution in [1.29, 1.82) is 0 Å². The van der Waals surface area contributed by atoms with Crippen molar-refractivity contribution in [2.24, 2.45) is 16.2 Å². The van der Waals surface area contributed by atoms with Crippen molar-refractivity contribution in [3.05, 3.63) is 37.2 Å². The molecule has 37 heteroatoms. The predicted molar refractivity (Wildman–Crippen MR) is 131 cm³/mol. The van der Waals surface area contributed by atoms with Gasteiger partial charge in [-0.2, -0.15) is 65.9 Å². The summed E-state index contributed by atoms with van der Waals surface area (Å²) in [6.07, 6.45) is -25.7. The van der Waals surface area contributed by atoms with Crippen LogP contribution in [0.15, 0.2) is 37.2 Å². The molecule has 4 bridgehead atoms. The number of carboxylic acids is 3. The van der Waals surface area contributed by atoms with Gasteiger partial charge in [0.2, 0.25) is 33.7 Å². The molecular weight excluding hydrogens is 976 g/mol.